The van der Waals surface area contributed by atoms with Crippen molar-refractivity contribution in [2.45, 2.75) is 25.7 Å². The first kappa shape index (κ1) is 13.5. The molecule has 0 saturated heterocycles. The van der Waals surface area contributed by atoms with Gasteiger partial charge in [0.2, 0.25) is 5.91 Å². The third-order valence-corrected chi connectivity index (χ3v) is 3.15. The molecule has 19 heavy (non-hydrogen) atoms. The van der Waals surface area contributed by atoms with Crippen molar-refractivity contribution >= 4 is 17.5 Å². The average Bonchev–Trinajstić information content (AvgIpc) is 3.21. The highest BCUT2D eigenvalue weighted by Crippen LogP contribution is 2.39. The minimum atomic E-state index is -0.00626. The molecular formula is C12H20N6O. The molecule has 0 spiro atoms. The van der Waals surface area contributed by atoms with Gasteiger partial charge in [0.1, 0.15) is 17.5 Å². The highest BCUT2D eigenvalue weighted by molar-refractivity contribution is 5.80. The molecule has 1 aliphatic carbocycles. The lowest BCUT2D eigenvalue weighted by molar-refractivity contribution is -0.126. The number of hydrogen-bond donors (Lipinski definition) is 3. The molecule has 1 heterocycles. The van der Waals surface area contributed by atoms with Crippen molar-refractivity contribution in [3.8, 4) is 0 Å². The van der Waals surface area contributed by atoms with Crippen LogP contribution in [0.5, 0.6) is 0 Å². The maximum Gasteiger partial charge on any atom is 0.241 e. The van der Waals surface area contributed by atoms with Crippen LogP contribution in [0.1, 0.15) is 30.1 Å². The van der Waals surface area contributed by atoms with Gasteiger partial charge < -0.3 is 15.6 Å². The van der Waals surface area contributed by atoms with E-state index in [0.717, 1.165) is 24.2 Å². The molecule has 1 saturated carbocycles. The van der Waals surface area contributed by atoms with E-state index < -0.39 is 0 Å². The molecule has 1 fully saturated rings. The Kier molecular flexibility index (Phi) is 3.84. The Balaban J connectivity index is 2.18. The van der Waals surface area contributed by atoms with Crippen molar-refractivity contribution in [3.05, 3.63) is 11.4 Å². The average molecular weight is 264 g/mol. The number of nitrogen functional groups attached to an aromatic ring is 1. The largest absolute Gasteiger partial charge is 0.361 e. The molecule has 1 aromatic rings. The van der Waals surface area contributed by atoms with Crippen LogP contribution in [-0.2, 0) is 4.79 Å². The SMILES string of the molecule is Cc1c(NN)nc(C2CC2)nc1NCC(=O)N(C)C. The number of nitrogens with one attached hydrogen (secondary N) is 2. The lowest BCUT2D eigenvalue weighted by Gasteiger charge is -2.15. The fraction of sp³-hybridized carbons (Fsp3) is 0.583. The van der Waals surface area contributed by atoms with Crippen LogP contribution in [0.2, 0.25) is 0 Å². The van der Waals surface area contributed by atoms with Gasteiger partial charge >= 0.3 is 0 Å². The van der Waals surface area contributed by atoms with Crippen molar-refractivity contribution in [2.75, 3.05) is 31.4 Å². The van der Waals surface area contributed by atoms with E-state index in [4.69, 9.17) is 5.84 Å². The van der Waals surface area contributed by atoms with E-state index >= 15 is 0 Å². The Morgan fingerprint density at radius 1 is 1.37 bits per heavy atom. The fourth-order valence-electron chi connectivity index (χ4n) is 1.69. The highest BCUT2D eigenvalue weighted by Gasteiger charge is 2.28. The van der Waals surface area contributed by atoms with E-state index in [9.17, 15) is 4.79 Å². The summed E-state index contributed by atoms with van der Waals surface area (Å²) in [5.41, 5.74) is 3.40. The molecule has 7 heteroatoms. The van der Waals surface area contributed by atoms with Gasteiger partial charge in [-0.3, -0.25) is 4.79 Å². The van der Waals surface area contributed by atoms with E-state index in [2.05, 4.69) is 20.7 Å². The highest BCUT2D eigenvalue weighted by atomic mass is 16.2. The summed E-state index contributed by atoms with van der Waals surface area (Å²) in [5.74, 6) is 7.96. The van der Waals surface area contributed by atoms with Crippen LogP contribution in [-0.4, -0.2) is 41.4 Å². The second kappa shape index (κ2) is 5.40. The third kappa shape index (κ3) is 3.11. The summed E-state index contributed by atoms with van der Waals surface area (Å²) in [6, 6.07) is 0. The standard InChI is InChI=1S/C12H20N6O/c1-7-10(14-6-9(19)18(2)3)15-12(8-4-5-8)16-11(7)17-13/h8H,4-6,13H2,1-3H3,(H2,14,15,16,17). The predicted molar refractivity (Wildman–Crippen MR) is 73.7 cm³/mol. The van der Waals surface area contributed by atoms with Crippen LogP contribution in [0.3, 0.4) is 0 Å². The van der Waals surface area contributed by atoms with Crippen molar-refractivity contribution < 1.29 is 4.79 Å². The zero-order valence-corrected chi connectivity index (χ0v) is 11.5. The molecule has 0 unspecified atom stereocenters. The van der Waals surface area contributed by atoms with Gasteiger partial charge in [-0.1, -0.05) is 0 Å². The molecular weight excluding hydrogens is 244 g/mol. The van der Waals surface area contributed by atoms with E-state index in [0.29, 0.717) is 17.6 Å². The Morgan fingerprint density at radius 2 is 2.00 bits per heavy atom. The number of hydrogen-bond acceptors (Lipinski definition) is 6. The van der Waals surface area contributed by atoms with Gasteiger partial charge in [-0.2, -0.15) is 0 Å². The quantitative estimate of drug-likeness (QED) is 0.528. The number of nitrogens with zero attached hydrogens (tertiary/aromatic N) is 3. The Labute approximate surface area is 112 Å². The van der Waals surface area contributed by atoms with Crippen molar-refractivity contribution in [1.29, 1.82) is 0 Å². The van der Waals surface area contributed by atoms with Crippen LogP contribution >= 0.6 is 0 Å². The molecule has 0 aromatic carbocycles. The Hall–Kier alpha value is -1.89. The summed E-state index contributed by atoms with van der Waals surface area (Å²) < 4.78 is 0. The number of carbonyl (C=O) groups excluding carboxylic acids is 1. The van der Waals surface area contributed by atoms with Crippen LogP contribution in [0.4, 0.5) is 11.6 Å². The van der Waals surface area contributed by atoms with Gasteiger partial charge in [0.25, 0.3) is 0 Å². The molecule has 104 valence electrons. The minimum absolute atomic E-state index is 0.00626. The van der Waals surface area contributed by atoms with Crippen LogP contribution in [0, 0.1) is 6.92 Å². The van der Waals surface area contributed by atoms with Gasteiger partial charge in [-0.05, 0) is 19.8 Å². The molecule has 0 radical (unpaired) electrons. The van der Waals surface area contributed by atoms with Gasteiger partial charge in [0.15, 0.2) is 0 Å². The lowest BCUT2D eigenvalue weighted by atomic mass is 10.3. The molecule has 1 aliphatic rings. The van der Waals surface area contributed by atoms with Gasteiger partial charge in [-0.15, -0.1) is 0 Å². The molecule has 2 rings (SSSR count). The van der Waals surface area contributed by atoms with E-state index in [1.54, 1.807) is 14.1 Å². The maximum absolute atomic E-state index is 11.6. The molecule has 1 amide bonds. The topological polar surface area (TPSA) is 96.2 Å². The lowest BCUT2D eigenvalue weighted by Crippen LogP contribution is -2.29. The van der Waals surface area contributed by atoms with Crippen molar-refractivity contribution in [1.82, 2.24) is 14.9 Å². The van der Waals surface area contributed by atoms with Crippen molar-refractivity contribution in [3.63, 3.8) is 0 Å². The first-order valence-electron chi connectivity index (χ1n) is 6.32. The Bertz CT molecular complexity index is 483. The van der Waals surface area contributed by atoms with E-state index in [1.165, 1.54) is 4.90 Å². The first-order valence-corrected chi connectivity index (χ1v) is 6.32. The molecule has 0 bridgehead atoms. The summed E-state index contributed by atoms with van der Waals surface area (Å²) in [6.07, 6.45) is 2.23. The summed E-state index contributed by atoms with van der Waals surface area (Å²) in [7, 11) is 3.44. The van der Waals surface area contributed by atoms with Crippen molar-refractivity contribution in [2.24, 2.45) is 5.84 Å². The normalized spacial score (nSPS) is 14.1. The molecule has 0 aliphatic heterocycles. The monoisotopic (exact) mass is 264 g/mol. The smallest absolute Gasteiger partial charge is 0.241 e. The number of rotatable bonds is 5. The number of hydrazine groups is 1. The number of aromatic nitrogens is 2. The maximum atomic E-state index is 11.6. The van der Waals surface area contributed by atoms with E-state index in [-0.39, 0.29) is 12.5 Å². The molecule has 0 atom stereocenters. The summed E-state index contributed by atoms with van der Waals surface area (Å²) in [6.45, 7) is 2.08. The van der Waals surface area contributed by atoms with Crippen LogP contribution < -0.4 is 16.6 Å². The summed E-state index contributed by atoms with van der Waals surface area (Å²) >= 11 is 0. The number of anilines is 2. The molecule has 4 N–H and O–H groups in total. The van der Waals surface area contributed by atoms with Gasteiger partial charge in [0, 0.05) is 25.6 Å². The number of nitrogens with two attached hydrogens (primary N) is 1. The second-order valence-corrected chi connectivity index (χ2v) is 4.96. The third-order valence-electron chi connectivity index (χ3n) is 3.15. The molecule has 7 nitrogen and oxygen atoms in total. The fourth-order valence-corrected chi connectivity index (χ4v) is 1.69. The zero-order valence-electron chi connectivity index (χ0n) is 11.5. The number of carbonyl (C=O) groups is 1. The Morgan fingerprint density at radius 3 is 2.53 bits per heavy atom. The first-order chi connectivity index (χ1) is 9.02. The zero-order chi connectivity index (χ0) is 14.0. The second-order valence-electron chi connectivity index (χ2n) is 4.96. The molecule has 1 aromatic heterocycles. The number of amides is 1. The van der Waals surface area contributed by atoms with Gasteiger partial charge in [0.05, 0.1) is 6.54 Å². The number of likely N-dealkylation sites (N-methyl/N-ethyl adjacent to an activating group) is 1. The predicted octanol–water partition coefficient (Wildman–Crippen LogP) is 0.448. The summed E-state index contributed by atoms with van der Waals surface area (Å²) in [5, 5.41) is 3.05. The summed E-state index contributed by atoms with van der Waals surface area (Å²) in [4.78, 5) is 22.0. The van der Waals surface area contributed by atoms with E-state index in [1.807, 2.05) is 6.92 Å². The minimum Gasteiger partial charge on any atom is -0.361 e. The van der Waals surface area contributed by atoms with Gasteiger partial charge in [-0.25, -0.2) is 15.8 Å². The van der Waals surface area contributed by atoms with Crippen LogP contribution in [0.15, 0.2) is 0 Å². The van der Waals surface area contributed by atoms with Crippen LogP contribution in [0.25, 0.3) is 0 Å².